The largest absolute Gasteiger partial charge is 0.458 e. The van der Waals surface area contributed by atoms with E-state index in [1.54, 1.807) is 46.2 Å². The fourth-order valence-electron chi connectivity index (χ4n) is 5.82. The number of nitrogens with zero attached hydrogens (tertiary/aromatic N) is 3. The van der Waals surface area contributed by atoms with Gasteiger partial charge in [-0.15, -0.1) is 0 Å². The highest BCUT2D eigenvalue weighted by Crippen LogP contribution is 2.40. The minimum absolute atomic E-state index is 0.0342. The molecular weight excluding hydrogens is 550 g/mol. The molecule has 0 saturated carbocycles. The maximum Gasteiger partial charge on any atom is 0.346 e. The molecule has 2 aliphatic rings. The lowest BCUT2D eigenvalue weighted by molar-refractivity contribution is -0.157. The summed E-state index contributed by atoms with van der Waals surface area (Å²) in [6.45, 7) is 0.906. The fourth-order valence-corrected chi connectivity index (χ4v) is 5.82. The van der Waals surface area contributed by atoms with Crippen LogP contribution in [-0.2, 0) is 16.1 Å². The number of urea groups is 1. The van der Waals surface area contributed by atoms with Crippen LogP contribution < -0.4 is 10.2 Å². The Balaban J connectivity index is 1.25. The second-order valence-electron chi connectivity index (χ2n) is 11.0. The summed E-state index contributed by atoms with van der Waals surface area (Å²) in [4.78, 5) is 34.3. The van der Waals surface area contributed by atoms with Gasteiger partial charge in [0.2, 0.25) is 5.67 Å². The van der Waals surface area contributed by atoms with E-state index >= 15 is 8.78 Å². The number of rotatable bonds is 7. The van der Waals surface area contributed by atoms with Crippen molar-refractivity contribution in [1.82, 2.24) is 9.88 Å². The normalized spacial score (nSPS) is 19.8. The van der Waals surface area contributed by atoms with Crippen LogP contribution in [0.3, 0.4) is 0 Å². The Kier molecular flexibility index (Phi) is 8.05. The molecule has 9 heteroatoms. The lowest BCUT2D eigenvalue weighted by atomic mass is 9.99. The van der Waals surface area contributed by atoms with Crippen LogP contribution in [0.4, 0.5) is 25.1 Å². The van der Waals surface area contributed by atoms with Gasteiger partial charge in [0, 0.05) is 49.3 Å². The molecule has 1 aromatic heterocycles. The number of carbonyl (C=O) groups is 2. The van der Waals surface area contributed by atoms with Gasteiger partial charge in [-0.2, -0.15) is 0 Å². The highest BCUT2D eigenvalue weighted by Gasteiger charge is 2.48. The number of anilines is 2. The van der Waals surface area contributed by atoms with E-state index in [9.17, 15) is 9.59 Å². The van der Waals surface area contributed by atoms with Gasteiger partial charge in [-0.1, -0.05) is 78.9 Å². The molecule has 3 heterocycles. The summed E-state index contributed by atoms with van der Waals surface area (Å²) in [6, 6.07) is 26.7. The van der Waals surface area contributed by atoms with Crippen molar-refractivity contribution in [1.29, 1.82) is 0 Å². The zero-order valence-electron chi connectivity index (χ0n) is 23.6. The van der Waals surface area contributed by atoms with Crippen molar-refractivity contribution in [2.24, 2.45) is 0 Å². The minimum atomic E-state index is -2.26. The SMILES string of the molecule is O=C(Nc1c(-c2ccccc2F)ccnc1N1CCC(F)(C(=O)OCc2ccccc2)C1)N1CCC(c2ccccc2)C1. The molecule has 0 radical (unpaired) electrons. The molecule has 0 aliphatic carbocycles. The topological polar surface area (TPSA) is 74.8 Å². The first kappa shape index (κ1) is 28.3. The van der Waals surface area contributed by atoms with E-state index in [0.717, 1.165) is 12.0 Å². The number of aromatic nitrogens is 1. The van der Waals surface area contributed by atoms with Crippen molar-refractivity contribution >= 4 is 23.5 Å². The molecule has 2 saturated heterocycles. The number of esters is 1. The van der Waals surface area contributed by atoms with Gasteiger partial charge in [-0.25, -0.2) is 23.4 Å². The summed E-state index contributed by atoms with van der Waals surface area (Å²) in [6.07, 6.45) is 2.21. The molecule has 2 unspecified atom stereocenters. The minimum Gasteiger partial charge on any atom is -0.458 e. The third-order valence-electron chi connectivity index (χ3n) is 8.17. The molecule has 2 aliphatic heterocycles. The maximum atomic E-state index is 16.0. The number of pyridine rings is 1. The summed E-state index contributed by atoms with van der Waals surface area (Å²) in [5.74, 6) is -0.938. The second-order valence-corrected chi connectivity index (χ2v) is 11.0. The van der Waals surface area contributed by atoms with Crippen LogP contribution in [0, 0.1) is 5.82 Å². The van der Waals surface area contributed by atoms with E-state index in [4.69, 9.17) is 4.74 Å². The third kappa shape index (κ3) is 6.07. The molecule has 43 heavy (non-hydrogen) atoms. The Morgan fingerprint density at radius 1 is 0.930 bits per heavy atom. The zero-order valence-corrected chi connectivity index (χ0v) is 23.6. The van der Waals surface area contributed by atoms with Crippen LogP contribution in [0.1, 0.15) is 29.9 Å². The lowest BCUT2D eigenvalue weighted by Crippen LogP contribution is -2.39. The Hall–Kier alpha value is -4.79. The number of amides is 2. The van der Waals surface area contributed by atoms with Gasteiger partial charge in [0.05, 0.1) is 12.2 Å². The van der Waals surface area contributed by atoms with Crippen molar-refractivity contribution in [3.8, 4) is 11.1 Å². The monoisotopic (exact) mass is 582 g/mol. The molecule has 4 aromatic rings. The van der Waals surface area contributed by atoms with Gasteiger partial charge in [-0.05, 0) is 29.7 Å². The molecule has 2 amide bonds. The first-order valence-electron chi connectivity index (χ1n) is 14.4. The summed E-state index contributed by atoms with van der Waals surface area (Å²) in [5.41, 5.74) is 0.625. The summed E-state index contributed by atoms with van der Waals surface area (Å²) in [7, 11) is 0. The lowest BCUT2D eigenvalue weighted by Gasteiger charge is -2.26. The second kappa shape index (κ2) is 12.2. The zero-order chi connectivity index (χ0) is 29.8. The van der Waals surface area contributed by atoms with Gasteiger partial charge in [0.25, 0.3) is 0 Å². The highest BCUT2D eigenvalue weighted by atomic mass is 19.1. The van der Waals surface area contributed by atoms with E-state index in [1.807, 2.05) is 36.4 Å². The first-order valence-corrected chi connectivity index (χ1v) is 14.4. The molecule has 0 spiro atoms. The van der Waals surface area contributed by atoms with E-state index < -0.39 is 17.5 Å². The number of carbonyl (C=O) groups excluding carboxylic acids is 2. The summed E-state index contributed by atoms with van der Waals surface area (Å²) >= 11 is 0. The van der Waals surface area contributed by atoms with Gasteiger partial charge in [0.1, 0.15) is 12.4 Å². The molecule has 2 fully saturated rings. The number of ether oxygens (including phenoxy) is 1. The first-order chi connectivity index (χ1) is 20.9. The van der Waals surface area contributed by atoms with Gasteiger partial charge < -0.3 is 19.9 Å². The molecule has 6 rings (SSSR count). The van der Waals surface area contributed by atoms with Crippen LogP contribution in [-0.4, -0.2) is 53.7 Å². The van der Waals surface area contributed by atoms with E-state index in [-0.39, 0.29) is 55.1 Å². The van der Waals surface area contributed by atoms with E-state index in [2.05, 4.69) is 22.4 Å². The molecule has 2 atom stereocenters. The van der Waals surface area contributed by atoms with Gasteiger partial charge >= 0.3 is 12.0 Å². The van der Waals surface area contributed by atoms with Crippen molar-refractivity contribution in [2.45, 2.75) is 31.0 Å². The smallest absolute Gasteiger partial charge is 0.346 e. The number of likely N-dealkylation sites (tertiary alicyclic amines) is 1. The molecule has 1 N–H and O–H groups in total. The average Bonchev–Trinajstić information content (AvgIpc) is 3.70. The predicted molar refractivity (Wildman–Crippen MR) is 161 cm³/mol. The van der Waals surface area contributed by atoms with Crippen LogP contribution in [0.2, 0.25) is 0 Å². The van der Waals surface area contributed by atoms with Gasteiger partial charge in [-0.3, -0.25) is 0 Å². The fraction of sp³-hybridized carbons (Fsp3) is 0.265. The van der Waals surface area contributed by atoms with Gasteiger partial charge in [0.15, 0.2) is 5.82 Å². The van der Waals surface area contributed by atoms with Crippen LogP contribution in [0.25, 0.3) is 11.1 Å². The van der Waals surface area contributed by atoms with Crippen LogP contribution >= 0.6 is 0 Å². The van der Waals surface area contributed by atoms with Crippen LogP contribution in [0.15, 0.2) is 97.2 Å². The third-order valence-corrected chi connectivity index (χ3v) is 8.17. The Labute approximate surface area is 249 Å². The number of alkyl halides is 1. The quantitative estimate of drug-likeness (QED) is 0.250. The number of hydrogen-bond acceptors (Lipinski definition) is 5. The number of halogens is 2. The predicted octanol–water partition coefficient (Wildman–Crippen LogP) is 6.57. The number of benzene rings is 3. The van der Waals surface area contributed by atoms with Crippen LogP contribution in [0.5, 0.6) is 0 Å². The average molecular weight is 583 g/mol. The van der Waals surface area contributed by atoms with Crippen molar-refractivity contribution in [3.05, 3.63) is 114 Å². The Bertz CT molecular complexity index is 1600. The van der Waals surface area contributed by atoms with E-state index in [1.165, 1.54) is 17.8 Å². The van der Waals surface area contributed by atoms with E-state index in [0.29, 0.717) is 18.7 Å². The number of nitrogens with one attached hydrogen (secondary N) is 1. The number of hydrogen-bond donors (Lipinski definition) is 1. The molecule has 220 valence electrons. The molecular formula is C34H32F2N4O3. The Morgan fingerprint density at radius 3 is 2.42 bits per heavy atom. The molecule has 3 aromatic carbocycles. The molecule has 7 nitrogen and oxygen atoms in total. The molecule has 0 bridgehead atoms. The van der Waals surface area contributed by atoms with Crippen molar-refractivity contribution in [3.63, 3.8) is 0 Å². The standard InChI is InChI=1S/C34H32F2N4O3/c35-29-14-8-7-13-27(29)28-15-18-37-31(30(28)38-33(42)39-19-16-26(21-39)25-11-5-2-6-12-25)40-20-17-34(36,23-40)32(41)43-22-24-9-3-1-4-10-24/h1-15,18,26H,16-17,19-23H2,(H,38,42). The Morgan fingerprint density at radius 2 is 1.65 bits per heavy atom. The summed E-state index contributed by atoms with van der Waals surface area (Å²) < 4.78 is 36.3. The van der Waals surface area contributed by atoms with Crippen molar-refractivity contribution in [2.75, 3.05) is 36.4 Å². The summed E-state index contributed by atoms with van der Waals surface area (Å²) in [5, 5.41) is 2.98. The maximum absolute atomic E-state index is 16.0. The highest BCUT2D eigenvalue weighted by molar-refractivity contribution is 5.99. The van der Waals surface area contributed by atoms with Crippen molar-refractivity contribution < 1.29 is 23.1 Å².